The van der Waals surface area contributed by atoms with Crippen LogP contribution in [-0.4, -0.2) is 56.1 Å². The van der Waals surface area contributed by atoms with Crippen molar-refractivity contribution >= 4 is 33.3 Å². The SMILES string of the molecule is CN(C)C(=O)c1cccnc1N1CCN(c2ccc(Br)cc2)CC1. The van der Waals surface area contributed by atoms with Crippen LogP contribution < -0.4 is 9.80 Å². The summed E-state index contributed by atoms with van der Waals surface area (Å²) in [7, 11) is 3.54. The van der Waals surface area contributed by atoms with E-state index in [0.717, 1.165) is 36.5 Å². The maximum atomic E-state index is 12.4. The maximum Gasteiger partial charge on any atom is 0.257 e. The fraction of sp³-hybridized carbons (Fsp3) is 0.333. The van der Waals surface area contributed by atoms with Crippen LogP contribution in [0.1, 0.15) is 10.4 Å². The van der Waals surface area contributed by atoms with E-state index in [1.807, 2.05) is 12.1 Å². The zero-order valence-corrected chi connectivity index (χ0v) is 15.5. The Morgan fingerprint density at radius 2 is 1.67 bits per heavy atom. The summed E-state index contributed by atoms with van der Waals surface area (Å²) in [5.74, 6) is 0.778. The van der Waals surface area contributed by atoms with Crippen LogP contribution >= 0.6 is 15.9 Å². The second kappa shape index (κ2) is 7.21. The number of aromatic nitrogens is 1. The highest BCUT2D eigenvalue weighted by Crippen LogP contribution is 2.23. The van der Waals surface area contributed by atoms with Crippen molar-refractivity contribution in [3.63, 3.8) is 0 Å². The van der Waals surface area contributed by atoms with Gasteiger partial charge in [-0.05, 0) is 36.4 Å². The maximum absolute atomic E-state index is 12.4. The highest BCUT2D eigenvalue weighted by molar-refractivity contribution is 9.10. The molecule has 24 heavy (non-hydrogen) atoms. The molecule has 1 aromatic carbocycles. The van der Waals surface area contributed by atoms with Gasteiger partial charge in [-0.2, -0.15) is 0 Å². The lowest BCUT2D eigenvalue weighted by Gasteiger charge is -2.37. The van der Waals surface area contributed by atoms with Gasteiger partial charge in [-0.3, -0.25) is 4.79 Å². The zero-order chi connectivity index (χ0) is 17.1. The molecule has 0 unspecified atom stereocenters. The molecule has 0 atom stereocenters. The number of amides is 1. The minimum absolute atomic E-state index is 0.00607. The minimum atomic E-state index is -0.00607. The molecule has 0 saturated carbocycles. The molecule has 126 valence electrons. The number of carbonyl (C=O) groups is 1. The molecule has 6 heteroatoms. The fourth-order valence-electron chi connectivity index (χ4n) is 2.89. The van der Waals surface area contributed by atoms with Crippen molar-refractivity contribution in [2.75, 3.05) is 50.1 Å². The number of benzene rings is 1. The number of anilines is 2. The average molecular weight is 389 g/mol. The summed E-state index contributed by atoms with van der Waals surface area (Å²) < 4.78 is 1.09. The summed E-state index contributed by atoms with van der Waals surface area (Å²) in [4.78, 5) is 23.0. The van der Waals surface area contributed by atoms with Gasteiger partial charge in [0.25, 0.3) is 5.91 Å². The van der Waals surface area contributed by atoms with Crippen LogP contribution in [0.2, 0.25) is 0 Å². The van der Waals surface area contributed by atoms with Crippen LogP contribution in [-0.2, 0) is 0 Å². The van der Waals surface area contributed by atoms with E-state index in [4.69, 9.17) is 0 Å². The van der Waals surface area contributed by atoms with Gasteiger partial charge in [-0.1, -0.05) is 15.9 Å². The molecule has 3 rings (SSSR count). The van der Waals surface area contributed by atoms with Gasteiger partial charge >= 0.3 is 0 Å². The lowest BCUT2D eigenvalue weighted by Crippen LogP contribution is -2.47. The summed E-state index contributed by atoms with van der Waals surface area (Å²) in [5, 5.41) is 0. The number of carbonyl (C=O) groups excluding carboxylic acids is 1. The van der Waals surface area contributed by atoms with E-state index >= 15 is 0 Å². The highest BCUT2D eigenvalue weighted by Gasteiger charge is 2.23. The monoisotopic (exact) mass is 388 g/mol. The second-order valence-electron chi connectivity index (χ2n) is 6.02. The van der Waals surface area contributed by atoms with Crippen LogP contribution in [0, 0.1) is 0 Å². The first-order valence-corrected chi connectivity index (χ1v) is 8.77. The fourth-order valence-corrected chi connectivity index (χ4v) is 3.15. The van der Waals surface area contributed by atoms with Crippen molar-refractivity contribution in [3.8, 4) is 0 Å². The number of piperazine rings is 1. The van der Waals surface area contributed by atoms with Crippen molar-refractivity contribution in [3.05, 3.63) is 52.6 Å². The Bertz CT molecular complexity index is 709. The standard InChI is InChI=1S/C18H21BrN4O/c1-21(2)18(24)16-4-3-9-20-17(16)23-12-10-22(11-13-23)15-7-5-14(19)6-8-15/h3-9H,10-13H2,1-2H3. The molecular formula is C18H21BrN4O. The van der Waals surface area contributed by atoms with E-state index in [-0.39, 0.29) is 5.91 Å². The quantitative estimate of drug-likeness (QED) is 0.810. The van der Waals surface area contributed by atoms with E-state index in [2.05, 4.69) is 55.0 Å². The molecule has 0 radical (unpaired) electrons. The molecule has 1 fully saturated rings. The molecule has 1 aliphatic heterocycles. The Kier molecular flexibility index (Phi) is 5.04. The van der Waals surface area contributed by atoms with Crippen molar-refractivity contribution < 1.29 is 4.79 Å². The van der Waals surface area contributed by atoms with Gasteiger partial charge in [-0.25, -0.2) is 4.98 Å². The predicted octanol–water partition coefficient (Wildman–Crippen LogP) is 2.87. The summed E-state index contributed by atoms with van der Waals surface area (Å²) >= 11 is 3.47. The van der Waals surface area contributed by atoms with Gasteiger partial charge in [0.2, 0.25) is 0 Å². The summed E-state index contributed by atoms with van der Waals surface area (Å²) in [5.41, 5.74) is 1.89. The molecule has 5 nitrogen and oxygen atoms in total. The van der Waals surface area contributed by atoms with Crippen molar-refractivity contribution in [2.24, 2.45) is 0 Å². The number of hydrogen-bond acceptors (Lipinski definition) is 4. The van der Waals surface area contributed by atoms with Crippen LogP contribution in [0.25, 0.3) is 0 Å². The Morgan fingerprint density at radius 1 is 1.04 bits per heavy atom. The molecule has 2 heterocycles. The molecule has 0 aliphatic carbocycles. The third-order valence-corrected chi connectivity index (χ3v) is 4.72. The van der Waals surface area contributed by atoms with Gasteiger partial charge in [0.15, 0.2) is 0 Å². The normalized spacial score (nSPS) is 14.6. The Balaban J connectivity index is 1.73. The van der Waals surface area contributed by atoms with Crippen molar-refractivity contribution in [2.45, 2.75) is 0 Å². The van der Waals surface area contributed by atoms with Gasteiger partial charge in [0.05, 0.1) is 5.56 Å². The van der Waals surface area contributed by atoms with Crippen molar-refractivity contribution in [1.82, 2.24) is 9.88 Å². The third-order valence-electron chi connectivity index (χ3n) is 4.19. The Morgan fingerprint density at radius 3 is 2.29 bits per heavy atom. The second-order valence-corrected chi connectivity index (χ2v) is 6.94. The summed E-state index contributed by atoms with van der Waals surface area (Å²) in [6.07, 6.45) is 1.75. The summed E-state index contributed by atoms with van der Waals surface area (Å²) in [6.45, 7) is 3.52. The van der Waals surface area contributed by atoms with Crippen LogP contribution in [0.3, 0.4) is 0 Å². The Labute approximate surface area is 151 Å². The molecule has 1 aliphatic rings. The molecule has 0 bridgehead atoms. The largest absolute Gasteiger partial charge is 0.368 e. The van der Waals surface area contributed by atoms with Crippen LogP contribution in [0.4, 0.5) is 11.5 Å². The molecule has 0 spiro atoms. The van der Waals surface area contributed by atoms with Gasteiger partial charge in [0.1, 0.15) is 5.82 Å². The molecular weight excluding hydrogens is 368 g/mol. The first-order valence-electron chi connectivity index (χ1n) is 7.98. The molecule has 1 amide bonds. The highest BCUT2D eigenvalue weighted by atomic mass is 79.9. The number of hydrogen-bond donors (Lipinski definition) is 0. The summed E-state index contributed by atoms with van der Waals surface area (Å²) in [6, 6.07) is 12.1. The smallest absolute Gasteiger partial charge is 0.257 e. The van der Waals surface area contributed by atoms with E-state index < -0.39 is 0 Å². The van der Waals surface area contributed by atoms with Gasteiger partial charge in [-0.15, -0.1) is 0 Å². The third kappa shape index (κ3) is 3.53. The Hall–Kier alpha value is -2.08. The van der Waals surface area contributed by atoms with Gasteiger partial charge in [0, 0.05) is 56.6 Å². The van der Waals surface area contributed by atoms with E-state index in [1.54, 1.807) is 25.2 Å². The molecule has 1 saturated heterocycles. The first kappa shape index (κ1) is 16.8. The topological polar surface area (TPSA) is 39.7 Å². The molecule has 1 aromatic heterocycles. The lowest BCUT2D eigenvalue weighted by molar-refractivity contribution is 0.0828. The van der Waals surface area contributed by atoms with Gasteiger partial charge < -0.3 is 14.7 Å². The number of nitrogens with zero attached hydrogens (tertiary/aromatic N) is 4. The predicted molar refractivity (Wildman–Crippen MR) is 101 cm³/mol. The number of pyridine rings is 1. The lowest BCUT2D eigenvalue weighted by atomic mass is 10.2. The molecule has 0 N–H and O–H groups in total. The van der Waals surface area contributed by atoms with E-state index in [0.29, 0.717) is 5.56 Å². The van der Waals surface area contributed by atoms with Crippen molar-refractivity contribution in [1.29, 1.82) is 0 Å². The minimum Gasteiger partial charge on any atom is -0.368 e. The number of halogens is 1. The van der Waals surface area contributed by atoms with E-state index in [9.17, 15) is 4.79 Å². The molecule has 2 aromatic rings. The average Bonchev–Trinajstić information content (AvgIpc) is 2.62. The zero-order valence-electron chi connectivity index (χ0n) is 13.9. The number of rotatable bonds is 3. The van der Waals surface area contributed by atoms with E-state index in [1.165, 1.54) is 5.69 Å². The van der Waals surface area contributed by atoms with Crippen LogP contribution in [0.5, 0.6) is 0 Å². The first-order chi connectivity index (χ1) is 11.6. The van der Waals surface area contributed by atoms with Crippen LogP contribution in [0.15, 0.2) is 47.1 Å².